The zero-order chi connectivity index (χ0) is 21.5. The molecule has 0 saturated carbocycles. The van der Waals surface area contributed by atoms with Crippen molar-refractivity contribution in [2.24, 2.45) is 5.92 Å². The lowest BCUT2D eigenvalue weighted by molar-refractivity contribution is 0.0864. The van der Waals surface area contributed by atoms with E-state index in [1.807, 2.05) is 29.9 Å². The van der Waals surface area contributed by atoms with Crippen LogP contribution in [-0.2, 0) is 0 Å². The van der Waals surface area contributed by atoms with E-state index in [0.717, 1.165) is 62.6 Å². The van der Waals surface area contributed by atoms with Gasteiger partial charge < -0.3 is 15.0 Å². The van der Waals surface area contributed by atoms with Crippen LogP contribution in [0, 0.1) is 5.92 Å². The number of aromatic nitrogens is 5. The Balaban J connectivity index is 1.41. The monoisotopic (exact) mass is 443 g/mol. The third kappa shape index (κ3) is 3.55. The fourth-order valence-electron chi connectivity index (χ4n) is 4.15. The Hall–Kier alpha value is -3.56. The molecule has 0 bridgehead atoms. The Labute approximate surface area is 188 Å². The first-order chi connectivity index (χ1) is 15.7. The molecule has 8 nitrogen and oxygen atoms in total. The number of ether oxygens (including phenoxy) is 1. The van der Waals surface area contributed by atoms with E-state index in [0.29, 0.717) is 12.5 Å². The molecule has 5 aromatic rings. The molecule has 1 fully saturated rings. The van der Waals surface area contributed by atoms with E-state index in [4.69, 9.17) is 4.74 Å². The summed E-state index contributed by atoms with van der Waals surface area (Å²) >= 11 is 1.62. The fraction of sp³-hybridized carbons (Fsp3) is 0.217. The summed E-state index contributed by atoms with van der Waals surface area (Å²) in [7, 11) is 2.13. The van der Waals surface area contributed by atoms with Crippen LogP contribution in [0.3, 0.4) is 0 Å². The van der Waals surface area contributed by atoms with Gasteiger partial charge in [-0.25, -0.2) is 15.0 Å². The van der Waals surface area contributed by atoms with Gasteiger partial charge in [0.2, 0.25) is 0 Å². The van der Waals surface area contributed by atoms with Crippen molar-refractivity contribution in [2.75, 3.05) is 32.1 Å². The molecular weight excluding hydrogens is 422 g/mol. The molecule has 0 atom stereocenters. The molecule has 160 valence electrons. The Bertz CT molecular complexity index is 1390. The van der Waals surface area contributed by atoms with Gasteiger partial charge in [-0.3, -0.25) is 5.10 Å². The molecule has 2 N–H and O–H groups in total. The van der Waals surface area contributed by atoms with E-state index in [9.17, 15) is 0 Å². The minimum absolute atomic E-state index is 0.530. The summed E-state index contributed by atoms with van der Waals surface area (Å²) in [6.45, 7) is 2.76. The van der Waals surface area contributed by atoms with Gasteiger partial charge in [-0.05, 0) is 42.9 Å². The van der Waals surface area contributed by atoms with Gasteiger partial charge in [0.25, 0.3) is 0 Å². The van der Waals surface area contributed by atoms with E-state index in [1.165, 1.54) is 0 Å². The Morgan fingerprint density at radius 1 is 1.12 bits per heavy atom. The minimum atomic E-state index is 0.530. The van der Waals surface area contributed by atoms with Crippen molar-refractivity contribution in [3.05, 3.63) is 54.6 Å². The van der Waals surface area contributed by atoms with E-state index in [1.54, 1.807) is 23.9 Å². The number of rotatable bonds is 6. The summed E-state index contributed by atoms with van der Waals surface area (Å²) < 4.78 is 7.49. The van der Waals surface area contributed by atoms with E-state index in [-0.39, 0.29) is 0 Å². The molecule has 0 spiro atoms. The van der Waals surface area contributed by atoms with Gasteiger partial charge in [-0.15, -0.1) is 11.3 Å². The van der Waals surface area contributed by atoms with Gasteiger partial charge in [-0.2, -0.15) is 5.10 Å². The summed E-state index contributed by atoms with van der Waals surface area (Å²) in [6.07, 6.45) is 5.26. The lowest BCUT2D eigenvalue weighted by atomic mass is 10.0. The molecule has 0 radical (unpaired) electrons. The number of anilines is 2. The maximum atomic E-state index is 6.36. The van der Waals surface area contributed by atoms with Crippen LogP contribution in [0.5, 0.6) is 5.75 Å². The smallest absolute Gasteiger partial charge is 0.145 e. The van der Waals surface area contributed by atoms with Crippen LogP contribution >= 0.6 is 11.3 Å². The second-order valence-corrected chi connectivity index (χ2v) is 9.02. The number of thiazole rings is 1. The quantitative estimate of drug-likeness (QED) is 0.404. The first kappa shape index (κ1) is 19.1. The Morgan fingerprint density at radius 3 is 2.91 bits per heavy atom. The number of benzene rings is 2. The van der Waals surface area contributed by atoms with E-state index >= 15 is 0 Å². The predicted octanol–water partition coefficient (Wildman–Crippen LogP) is 4.31. The van der Waals surface area contributed by atoms with Crippen LogP contribution in [0.4, 0.5) is 11.5 Å². The number of fused-ring (bicyclic) bond motifs is 2. The summed E-state index contributed by atoms with van der Waals surface area (Å²) in [6, 6.07) is 10.2. The number of aromatic amines is 1. The van der Waals surface area contributed by atoms with Crippen LogP contribution in [-0.4, -0.2) is 56.8 Å². The van der Waals surface area contributed by atoms with E-state index < -0.39 is 0 Å². The number of hydrogen-bond acceptors (Lipinski definition) is 8. The average molecular weight is 444 g/mol. The predicted molar refractivity (Wildman–Crippen MR) is 127 cm³/mol. The SMILES string of the molecule is CN1CC(COc2cc(-c3cn[nH]c3)cc3ncnc(Nc4ccc5ncsc5c4)c23)C1. The maximum absolute atomic E-state index is 6.36. The van der Waals surface area contributed by atoms with Crippen molar-refractivity contribution in [3.8, 4) is 16.9 Å². The molecule has 1 saturated heterocycles. The van der Waals surface area contributed by atoms with E-state index in [2.05, 4.69) is 54.5 Å². The second-order valence-electron chi connectivity index (χ2n) is 8.14. The molecule has 32 heavy (non-hydrogen) atoms. The van der Waals surface area contributed by atoms with Gasteiger partial charge in [0, 0.05) is 36.5 Å². The van der Waals surface area contributed by atoms with Crippen molar-refractivity contribution < 1.29 is 4.74 Å². The van der Waals surface area contributed by atoms with Crippen LogP contribution in [0.2, 0.25) is 0 Å². The van der Waals surface area contributed by atoms with Gasteiger partial charge in [0.15, 0.2) is 0 Å². The summed E-state index contributed by atoms with van der Waals surface area (Å²) in [5.41, 5.74) is 6.61. The number of nitrogens with one attached hydrogen (secondary N) is 2. The maximum Gasteiger partial charge on any atom is 0.145 e. The van der Waals surface area contributed by atoms with Crippen molar-refractivity contribution in [2.45, 2.75) is 0 Å². The molecule has 9 heteroatoms. The highest BCUT2D eigenvalue weighted by atomic mass is 32.1. The van der Waals surface area contributed by atoms with Crippen LogP contribution < -0.4 is 10.1 Å². The molecule has 2 aromatic carbocycles. The minimum Gasteiger partial charge on any atom is -0.492 e. The lowest BCUT2D eigenvalue weighted by Gasteiger charge is -2.35. The highest BCUT2D eigenvalue weighted by molar-refractivity contribution is 7.16. The van der Waals surface area contributed by atoms with Crippen LogP contribution in [0.25, 0.3) is 32.2 Å². The van der Waals surface area contributed by atoms with Crippen molar-refractivity contribution >= 4 is 44.0 Å². The van der Waals surface area contributed by atoms with Crippen molar-refractivity contribution in [3.63, 3.8) is 0 Å². The molecule has 4 heterocycles. The molecular formula is C23H21N7OS. The van der Waals surface area contributed by atoms with Crippen molar-refractivity contribution in [1.29, 1.82) is 0 Å². The fourth-order valence-corrected chi connectivity index (χ4v) is 4.86. The molecule has 0 amide bonds. The molecule has 0 unspecified atom stereocenters. The Morgan fingerprint density at radius 2 is 2.06 bits per heavy atom. The molecule has 3 aromatic heterocycles. The van der Waals surface area contributed by atoms with Crippen molar-refractivity contribution in [1.82, 2.24) is 30.0 Å². The first-order valence-electron chi connectivity index (χ1n) is 10.4. The largest absolute Gasteiger partial charge is 0.492 e. The first-order valence-corrected chi connectivity index (χ1v) is 11.3. The number of nitrogens with zero attached hydrogens (tertiary/aromatic N) is 5. The molecule has 6 rings (SSSR count). The summed E-state index contributed by atoms with van der Waals surface area (Å²) in [5, 5.41) is 11.3. The number of H-pyrrole nitrogens is 1. The van der Waals surface area contributed by atoms with Crippen LogP contribution in [0.1, 0.15) is 0 Å². The zero-order valence-electron chi connectivity index (χ0n) is 17.4. The second kappa shape index (κ2) is 7.85. The molecule has 1 aliphatic rings. The highest BCUT2D eigenvalue weighted by Crippen LogP contribution is 2.37. The molecule has 1 aliphatic heterocycles. The normalized spacial score (nSPS) is 14.7. The van der Waals surface area contributed by atoms with Gasteiger partial charge in [-0.1, -0.05) is 0 Å². The Kier molecular flexibility index (Phi) is 4.70. The van der Waals surface area contributed by atoms with Gasteiger partial charge in [0.05, 0.1) is 39.4 Å². The summed E-state index contributed by atoms with van der Waals surface area (Å²) in [5.74, 6) is 2.02. The third-order valence-corrected chi connectivity index (χ3v) is 6.53. The summed E-state index contributed by atoms with van der Waals surface area (Å²) in [4.78, 5) is 15.8. The highest BCUT2D eigenvalue weighted by Gasteiger charge is 2.24. The standard InChI is InChI=1S/C23H21N7OS/c1-30-9-14(10-30)11-31-20-5-15(16-7-27-28-8-16)4-19-22(20)23(25-12-24-19)29-17-2-3-18-21(6-17)32-13-26-18/h2-8,12-14H,9-11H2,1H3,(H,27,28)(H,24,25,29). The lowest BCUT2D eigenvalue weighted by Crippen LogP contribution is -2.46. The zero-order valence-corrected chi connectivity index (χ0v) is 18.3. The van der Waals surface area contributed by atoms with Crippen LogP contribution in [0.15, 0.2) is 54.6 Å². The number of hydrogen-bond donors (Lipinski definition) is 2. The number of likely N-dealkylation sites (tertiary alicyclic amines) is 1. The average Bonchev–Trinajstić information content (AvgIpc) is 3.47. The molecule has 0 aliphatic carbocycles. The van der Waals surface area contributed by atoms with Gasteiger partial charge >= 0.3 is 0 Å². The van der Waals surface area contributed by atoms with Gasteiger partial charge in [0.1, 0.15) is 17.9 Å². The topological polar surface area (TPSA) is 91.9 Å². The third-order valence-electron chi connectivity index (χ3n) is 5.74.